The van der Waals surface area contributed by atoms with Crippen molar-refractivity contribution in [3.8, 4) is 0 Å². The molecule has 4 heteroatoms. The summed E-state index contributed by atoms with van der Waals surface area (Å²) in [6.07, 6.45) is 1.66. The van der Waals surface area contributed by atoms with E-state index in [0.717, 1.165) is 0 Å². The molecule has 0 N–H and O–H groups in total. The molecule has 0 radical (unpaired) electrons. The zero-order valence-corrected chi connectivity index (χ0v) is 5.69. The Morgan fingerprint density at radius 3 is 2.50 bits per heavy atom. The van der Waals surface area contributed by atoms with E-state index in [4.69, 9.17) is 0 Å². The Bertz CT molecular complexity index is 68.0. The molecule has 0 amide bonds. The van der Waals surface area contributed by atoms with Crippen molar-refractivity contribution in [2.45, 2.75) is 0 Å². The molecule has 0 bridgehead atoms. The van der Waals surface area contributed by atoms with Crippen LogP contribution in [0.4, 0.5) is 0 Å². The Balaban J connectivity index is 0.000000250. The van der Waals surface area contributed by atoms with Crippen LogP contribution in [0, 0.1) is 0 Å². The van der Waals surface area contributed by atoms with Gasteiger partial charge in [-0.2, -0.15) is 0 Å². The van der Waals surface area contributed by atoms with Gasteiger partial charge in [-0.15, -0.1) is 5.10 Å². The molecule has 1 aromatic rings. The van der Waals surface area contributed by atoms with Crippen LogP contribution in [0.15, 0.2) is 11.6 Å². The first-order valence-electron chi connectivity index (χ1n) is 1.21. The van der Waals surface area contributed by atoms with E-state index >= 15 is 0 Å². The van der Waals surface area contributed by atoms with E-state index < -0.39 is 0 Å². The molecule has 1 aromatic heterocycles. The minimum Gasteiger partial charge on any atom is -0.147 e. The van der Waals surface area contributed by atoms with E-state index in [0.29, 0.717) is 0 Å². The second-order valence-corrected chi connectivity index (χ2v) is 1.23. The fourth-order valence-electron chi connectivity index (χ4n) is 0.136. The summed E-state index contributed by atoms with van der Waals surface area (Å²) in [7, 11) is 0. The number of nitrogens with zero attached hydrogens (tertiary/aromatic N) is 2. The van der Waals surface area contributed by atoms with Crippen LogP contribution >= 0.6 is 11.5 Å². The average molecular weight is 182 g/mol. The van der Waals surface area contributed by atoms with E-state index in [2.05, 4.69) is 9.59 Å². The van der Waals surface area contributed by atoms with E-state index in [1.165, 1.54) is 11.5 Å². The number of hydrogen-bond donors (Lipinski definition) is 0. The summed E-state index contributed by atoms with van der Waals surface area (Å²) in [5.41, 5.74) is 0. The second-order valence-electron chi connectivity index (χ2n) is 0.588. The molecule has 0 aliphatic heterocycles. The van der Waals surface area contributed by atoms with Gasteiger partial charge in [-0.05, 0) is 11.5 Å². The quantitative estimate of drug-likeness (QED) is 0.547. The maximum atomic E-state index is 3.51. The van der Waals surface area contributed by atoms with Crippen molar-refractivity contribution in [3.05, 3.63) is 11.6 Å². The first-order chi connectivity index (χ1) is 2.50. The fourth-order valence-corrected chi connectivity index (χ4v) is 0.408. The van der Waals surface area contributed by atoms with Gasteiger partial charge in [0.05, 0.1) is 6.20 Å². The summed E-state index contributed by atoms with van der Waals surface area (Å²) in [6.45, 7) is 0. The molecule has 1 heterocycles. The van der Waals surface area contributed by atoms with Gasteiger partial charge in [0.1, 0.15) is 0 Å². The van der Waals surface area contributed by atoms with Crippen LogP contribution in [0.1, 0.15) is 0 Å². The standard InChI is InChI=1S/C2H2N2S.Mo/c1-2-5-4-3-1;/h1-2H;. The van der Waals surface area contributed by atoms with Crippen molar-refractivity contribution >= 4 is 11.5 Å². The number of aromatic nitrogens is 2. The fraction of sp³-hybridized carbons (Fsp3) is 0. The molecule has 1 rings (SSSR count). The van der Waals surface area contributed by atoms with Crippen molar-refractivity contribution in [1.82, 2.24) is 9.59 Å². The Morgan fingerprint density at radius 2 is 2.33 bits per heavy atom. The van der Waals surface area contributed by atoms with Crippen LogP contribution in [0.2, 0.25) is 0 Å². The molecule has 32 valence electrons. The van der Waals surface area contributed by atoms with Crippen molar-refractivity contribution < 1.29 is 21.1 Å². The van der Waals surface area contributed by atoms with Crippen molar-refractivity contribution in [2.24, 2.45) is 0 Å². The summed E-state index contributed by atoms with van der Waals surface area (Å²) in [5, 5.41) is 5.31. The first-order valence-corrected chi connectivity index (χ1v) is 2.05. The molecule has 0 spiro atoms. The molecule has 6 heavy (non-hydrogen) atoms. The third-order valence-electron chi connectivity index (χ3n) is 0.283. The smallest absolute Gasteiger partial charge is 0.0620 e. The summed E-state index contributed by atoms with van der Waals surface area (Å²) in [4.78, 5) is 0. The van der Waals surface area contributed by atoms with Crippen LogP contribution in [0.3, 0.4) is 0 Å². The van der Waals surface area contributed by atoms with Gasteiger partial charge in [-0.1, -0.05) is 4.49 Å². The van der Waals surface area contributed by atoms with E-state index in [9.17, 15) is 0 Å². The predicted molar refractivity (Wildman–Crippen MR) is 19.9 cm³/mol. The van der Waals surface area contributed by atoms with Gasteiger partial charge in [0.15, 0.2) is 0 Å². The summed E-state index contributed by atoms with van der Waals surface area (Å²) >= 11 is 1.35. The molecule has 0 saturated carbocycles. The van der Waals surface area contributed by atoms with Gasteiger partial charge in [0.25, 0.3) is 0 Å². The van der Waals surface area contributed by atoms with Gasteiger partial charge in [0.2, 0.25) is 0 Å². The topological polar surface area (TPSA) is 25.8 Å². The van der Waals surface area contributed by atoms with Crippen LogP contribution in [-0.4, -0.2) is 9.59 Å². The molecule has 0 aliphatic carbocycles. The maximum Gasteiger partial charge on any atom is 0.0620 e. The normalized spacial score (nSPS) is 6.67. The second kappa shape index (κ2) is 3.44. The van der Waals surface area contributed by atoms with Crippen molar-refractivity contribution in [1.29, 1.82) is 0 Å². The van der Waals surface area contributed by atoms with E-state index in [-0.39, 0.29) is 21.1 Å². The predicted octanol–water partition coefficient (Wildman–Crippen LogP) is 0.536. The Kier molecular flexibility index (Phi) is 3.58. The monoisotopic (exact) mass is 184 g/mol. The number of rotatable bonds is 0. The molecular weight excluding hydrogens is 180 g/mol. The largest absolute Gasteiger partial charge is 0.147 e. The van der Waals surface area contributed by atoms with Crippen molar-refractivity contribution in [2.75, 3.05) is 0 Å². The van der Waals surface area contributed by atoms with Crippen LogP contribution in [0.5, 0.6) is 0 Å². The van der Waals surface area contributed by atoms with Crippen LogP contribution in [-0.2, 0) is 21.1 Å². The van der Waals surface area contributed by atoms with Crippen molar-refractivity contribution in [3.63, 3.8) is 0 Å². The zero-order chi connectivity index (χ0) is 3.54. The minimum absolute atomic E-state index is 0. The Morgan fingerprint density at radius 1 is 1.50 bits per heavy atom. The van der Waals surface area contributed by atoms with Gasteiger partial charge in [0, 0.05) is 26.4 Å². The van der Waals surface area contributed by atoms with E-state index in [1.807, 2.05) is 5.38 Å². The summed E-state index contributed by atoms with van der Waals surface area (Å²) in [6, 6.07) is 0. The third kappa shape index (κ3) is 1.63. The zero-order valence-electron chi connectivity index (χ0n) is 2.87. The Hall–Kier alpha value is 0.248. The summed E-state index contributed by atoms with van der Waals surface area (Å²) in [5.74, 6) is 0. The molecular formula is C2H2MoN2S. The van der Waals surface area contributed by atoms with Crippen LogP contribution < -0.4 is 0 Å². The van der Waals surface area contributed by atoms with Gasteiger partial charge < -0.3 is 0 Å². The Labute approximate surface area is 54.0 Å². The molecule has 0 unspecified atom stereocenters. The molecule has 0 aliphatic rings. The average Bonchev–Trinajstić information content (AvgIpc) is 1.76. The molecule has 0 saturated heterocycles. The van der Waals surface area contributed by atoms with E-state index in [1.54, 1.807) is 6.20 Å². The summed E-state index contributed by atoms with van der Waals surface area (Å²) < 4.78 is 3.51. The van der Waals surface area contributed by atoms with Crippen LogP contribution in [0.25, 0.3) is 0 Å². The SMILES string of the molecule is [Mo].c1csnn1. The number of hydrogen-bond acceptors (Lipinski definition) is 3. The molecule has 2 nitrogen and oxygen atoms in total. The minimum atomic E-state index is 0. The van der Waals surface area contributed by atoms with Gasteiger partial charge in [-0.25, -0.2) is 0 Å². The maximum absolute atomic E-state index is 3.51. The first kappa shape index (κ1) is 6.25. The molecule has 0 aromatic carbocycles. The van der Waals surface area contributed by atoms with Gasteiger partial charge >= 0.3 is 0 Å². The molecule has 0 atom stereocenters. The third-order valence-corrected chi connectivity index (χ3v) is 0.715. The molecule has 0 fully saturated rings. The van der Waals surface area contributed by atoms with Gasteiger partial charge in [-0.3, -0.25) is 0 Å².